The number of rotatable bonds is 6. The fourth-order valence-electron chi connectivity index (χ4n) is 2.57. The Kier molecular flexibility index (Phi) is 6.05. The van der Waals surface area contributed by atoms with Crippen LogP contribution in [0.4, 0.5) is 11.4 Å². The molecule has 1 N–H and O–H groups in total. The van der Waals surface area contributed by atoms with Crippen molar-refractivity contribution in [1.29, 1.82) is 0 Å². The zero-order chi connectivity index (χ0) is 20.3. The highest BCUT2D eigenvalue weighted by molar-refractivity contribution is 9.10. The van der Waals surface area contributed by atoms with E-state index in [0.717, 1.165) is 27.5 Å². The highest BCUT2D eigenvalue weighted by Crippen LogP contribution is 2.30. The van der Waals surface area contributed by atoms with Crippen LogP contribution >= 0.6 is 27.7 Å². The minimum Gasteiger partial charge on any atom is -0.319 e. The van der Waals surface area contributed by atoms with Gasteiger partial charge in [0, 0.05) is 10.5 Å². The molecule has 0 saturated carbocycles. The predicted molar refractivity (Wildman–Crippen MR) is 109 cm³/mol. The minimum atomic E-state index is -0.503. The number of benzene rings is 2. The van der Waals surface area contributed by atoms with E-state index in [0.29, 0.717) is 10.7 Å². The summed E-state index contributed by atoms with van der Waals surface area (Å²) in [4.78, 5) is 23.2. The van der Waals surface area contributed by atoms with E-state index in [1.54, 1.807) is 19.9 Å². The molecule has 144 valence electrons. The van der Waals surface area contributed by atoms with Crippen LogP contribution in [0.25, 0.3) is 5.69 Å². The van der Waals surface area contributed by atoms with E-state index in [1.807, 2.05) is 24.3 Å². The SMILES string of the molecule is Cc1cc(C)c(NC(=O)CSc2nnnn2-c2ccc(Br)cc2)c([N+](=O)[O-])c1. The van der Waals surface area contributed by atoms with Crippen LogP contribution in [-0.2, 0) is 4.79 Å². The standard InChI is InChI=1S/C17H15BrN6O3S/c1-10-7-11(2)16(14(8-10)24(26)27)19-15(25)9-28-17-20-21-22-23(17)13-5-3-12(18)4-6-13/h3-8H,9H2,1-2H3,(H,19,25). The smallest absolute Gasteiger partial charge is 0.293 e. The van der Waals surface area contributed by atoms with Crippen LogP contribution in [0.15, 0.2) is 46.0 Å². The highest BCUT2D eigenvalue weighted by Gasteiger charge is 2.20. The highest BCUT2D eigenvalue weighted by atomic mass is 79.9. The molecule has 0 aliphatic heterocycles. The summed E-state index contributed by atoms with van der Waals surface area (Å²) in [5, 5.41) is 25.9. The van der Waals surface area contributed by atoms with Crippen LogP contribution < -0.4 is 5.32 Å². The van der Waals surface area contributed by atoms with Crippen molar-refractivity contribution in [3.63, 3.8) is 0 Å². The number of halogens is 1. The number of carbonyl (C=O) groups excluding carboxylic acids is 1. The van der Waals surface area contributed by atoms with Crippen molar-refractivity contribution in [3.05, 3.63) is 62.1 Å². The average molecular weight is 463 g/mol. The van der Waals surface area contributed by atoms with Crippen LogP contribution in [-0.4, -0.2) is 36.8 Å². The van der Waals surface area contributed by atoms with Gasteiger partial charge in [0.05, 0.1) is 16.4 Å². The summed E-state index contributed by atoms with van der Waals surface area (Å²) in [5.74, 6) is -0.383. The summed E-state index contributed by atoms with van der Waals surface area (Å²) in [7, 11) is 0. The van der Waals surface area contributed by atoms with Gasteiger partial charge >= 0.3 is 0 Å². The molecule has 1 amide bonds. The fraction of sp³-hybridized carbons (Fsp3) is 0.176. The summed E-state index contributed by atoms with van der Waals surface area (Å²) >= 11 is 4.50. The fourth-order valence-corrected chi connectivity index (χ4v) is 3.53. The number of hydrogen-bond acceptors (Lipinski definition) is 7. The van der Waals surface area contributed by atoms with Gasteiger partial charge in [-0.3, -0.25) is 14.9 Å². The van der Waals surface area contributed by atoms with Crippen LogP contribution in [0, 0.1) is 24.0 Å². The molecule has 1 aromatic heterocycles. The lowest BCUT2D eigenvalue weighted by Crippen LogP contribution is -2.16. The Morgan fingerprint density at radius 3 is 2.68 bits per heavy atom. The lowest BCUT2D eigenvalue weighted by molar-refractivity contribution is -0.384. The average Bonchev–Trinajstić information content (AvgIpc) is 3.11. The van der Waals surface area contributed by atoms with Gasteiger partial charge < -0.3 is 5.32 Å². The maximum Gasteiger partial charge on any atom is 0.293 e. The van der Waals surface area contributed by atoms with E-state index in [-0.39, 0.29) is 23.0 Å². The Labute approximate surface area is 172 Å². The molecule has 0 unspecified atom stereocenters. The van der Waals surface area contributed by atoms with Crippen LogP contribution in [0.3, 0.4) is 0 Å². The van der Waals surface area contributed by atoms with E-state index in [9.17, 15) is 14.9 Å². The monoisotopic (exact) mass is 462 g/mol. The molecule has 9 nitrogen and oxygen atoms in total. The molecule has 0 atom stereocenters. The second-order valence-electron chi connectivity index (χ2n) is 5.92. The number of carbonyl (C=O) groups is 1. The zero-order valence-corrected chi connectivity index (χ0v) is 17.3. The molecule has 0 aliphatic rings. The Morgan fingerprint density at radius 2 is 2.00 bits per heavy atom. The number of thioether (sulfide) groups is 1. The summed E-state index contributed by atoms with van der Waals surface area (Å²) < 4.78 is 2.44. The maximum absolute atomic E-state index is 12.4. The van der Waals surface area contributed by atoms with Gasteiger partial charge in [-0.25, -0.2) is 0 Å². The molecule has 0 fully saturated rings. The van der Waals surface area contributed by atoms with Crippen molar-refractivity contribution < 1.29 is 9.72 Å². The Bertz CT molecular complexity index is 1040. The van der Waals surface area contributed by atoms with E-state index in [1.165, 1.54) is 10.7 Å². The first-order valence-corrected chi connectivity index (χ1v) is 9.85. The molecule has 0 bridgehead atoms. The molecule has 2 aromatic carbocycles. The molecule has 0 spiro atoms. The molecule has 11 heteroatoms. The molecule has 3 aromatic rings. The lowest BCUT2D eigenvalue weighted by Gasteiger charge is -2.10. The number of aryl methyl sites for hydroxylation is 2. The van der Waals surface area contributed by atoms with Gasteiger partial charge in [-0.05, 0) is 59.7 Å². The van der Waals surface area contributed by atoms with Crippen LogP contribution in [0.1, 0.15) is 11.1 Å². The third-order valence-corrected chi connectivity index (χ3v) is 5.21. The first-order valence-electron chi connectivity index (χ1n) is 8.08. The largest absolute Gasteiger partial charge is 0.319 e. The number of nitrogens with zero attached hydrogens (tertiary/aromatic N) is 5. The van der Waals surface area contributed by atoms with Crippen molar-refractivity contribution in [2.75, 3.05) is 11.1 Å². The lowest BCUT2D eigenvalue weighted by atomic mass is 10.1. The van der Waals surface area contributed by atoms with Crippen molar-refractivity contribution in [1.82, 2.24) is 20.2 Å². The molecule has 0 radical (unpaired) electrons. The Balaban J connectivity index is 1.72. The number of aromatic nitrogens is 4. The van der Waals surface area contributed by atoms with Gasteiger partial charge in [-0.2, -0.15) is 4.68 Å². The summed E-state index contributed by atoms with van der Waals surface area (Å²) in [5.41, 5.74) is 2.21. The summed E-state index contributed by atoms with van der Waals surface area (Å²) in [6, 6.07) is 10.6. The number of tetrazole rings is 1. The number of nitro groups is 1. The molecule has 3 rings (SSSR count). The van der Waals surface area contributed by atoms with Crippen LogP contribution in [0.5, 0.6) is 0 Å². The number of nitrogens with one attached hydrogen (secondary N) is 1. The normalized spacial score (nSPS) is 10.7. The van der Waals surface area contributed by atoms with Gasteiger partial charge in [0.1, 0.15) is 5.69 Å². The zero-order valence-electron chi connectivity index (χ0n) is 14.9. The topological polar surface area (TPSA) is 116 Å². The summed E-state index contributed by atoms with van der Waals surface area (Å²) in [6.07, 6.45) is 0. The van der Waals surface area contributed by atoms with E-state index in [4.69, 9.17) is 0 Å². The molecular formula is C17H15BrN6O3S. The molecule has 1 heterocycles. The van der Waals surface area contributed by atoms with E-state index < -0.39 is 4.92 Å². The molecule has 0 saturated heterocycles. The predicted octanol–water partition coefficient (Wildman–Crippen LogP) is 3.68. The molecular weight excluding hydrogens is 448 g/mol. The van der Waals surface area contributed by atoms with Gasteiger partial charge in [0.25, 0.3) is 5.69 Å². The first-order chi connectivity index (χ1) is 13.3. The van der Waals surface area contributed by atoms with Gasteiger partial charge in [-0.1, -0.05) is 33.8 Å². The Hall–Kier alpha value is -2.79. The number of amides is 1. The van der Waals surface area contributed by atoms with Crippen molar-refractivity contribution in [2.45, 2.75) is 19.0 Å². The number of anilines is 1. The minimum absolute atomic E-state index is 0.00136. The number of nitro benzene ring substituents is 1. The molecule has 0 aliphatic carbocycles. The maximum atomic E-state index is 12.4. The second-order valence-corrected chi connectivity index (χ2v) is 7.78. The van der Waals surface area contributed by atoms with Crippen LogP contribution in [0.2, 0.25) is 0 Å². The first kappa shape index (κ1) is 20.0. The van der Waals surface area contributed by atoms with Gasteiger partial charge in [0.15, 0.2) is 0 Å². The van der Waals surface area contributed by atoms with E-state index >= 15 is 0 Å². The third-order valence-electron chi connectivity index (χ3n) is 3.76. The van der Waals surface area contributed by atoms with Crippen molar-refractivity contribution in [2.24, 2.45) is 0 Å². The van der Waals surface area contributed by atoms with E-state index in [2.05, 4.69) is 36.8 Å². The van der Waals surface area contributed by atoms with Crippen molar-refractivity contribution in [3.8, 4) is 5.69 Å². The second kappa shape index (κ2) is 8.48. The molecule has 28 heavy (non-hydrogen) atoms. The summed E-state index contributed by atoms with van der Waals surface area (Å²) in [6.45, 7) is 3.49. The third kappa shape index (κ3) is 4.54. The quantitative estimate of drug-likeness (QED) is 0.337. The van der Waals surface area contributed by atoms with Gasteiger partial charge in [0.2, 0.25) is 11.1 Å². The Morgan fingerprint density at radius 1 is 1.29 bits per heavy atom. The van der Waals surface area contributed by atoms with Crippen molar-refractivity contribution >= 4 is 45.0 Å². The van der Waals surface area contributed by atoms with Gasteiger partial charge in [-0.15, -0.1) is 5.10 Å². The number of hydrogen-bond donors (Lipinski definition) is 1.